The highest BCUT2D eigenvalue weighted by atomic mass is 32.1. The Labute approximate surface area is 145 Å². The summed E-state index contributed by atoms with van der Waals surface area (Å²) in [6, 6.07) is 14.2. The summed E-state index contributed by atoms with van der Waals surface area (Å²) in [6.45, 7) is 3.82. The van der Waals surface area contributed by atoms with Crippen LogP contribution in [0, 0.1) is 6.92 Å². The van der Waals surface area contributed by atoms with Gasteiger partial charge >= 0.3 is 0 Å². The van der Waals surface area contributed by atoms with Crippen LogP contribution in [0.15, 0.2) is 52.4 Å². The molecular formula is C19H20N2O2S. The zero-order valence-electron chi connectivity index (χ0n) is 13.8. The molecule has 24 heavy (non-hydrogen) atoms. The van der Waals surface area contributed by atoms with Crippen LogP contribution in [0.2, 0.25) is 0 Å². The molecule has 0 saturated heterocycles. The van der Waals surface area contributed by atoms with Crippen LogP contribution < -0.4 is 5.32 Å². The third-order valence-corrected chi connectivity index (χ3v) is 4.79. The van der Waals surface area contributed by atoms with E-state index in [9.17, 15) is 4.79 Å². The number of nitrogens with one attached hydrogen (secondary N) is 1. The van der Waals surface area contributed by atoms with E-state index in [4.69, 9.17) is 4.52 Å². The molecule has 2 aromatic heterocycles. The van der Waals surface area contributed by atoms with Crippen molar-refractivity contribution in [3.8, 4) is 10.6 Å². The van der Waals surface area contributed by atoms with Crippen molar-refractivity contribution < 1.29 is 9.32 Å². The van der Waals surface area contributed by atoms with Crippen molar-refractivity contribution >= 4 is 17.2 Å². The number of carbonyl (C=O) groups excluding carboxylic acids is 1. The summed E-state index contributed by atoms with van der Waals surface area (Å²) in [7, 11) is 0. The van der Waals surface area contributed by atoms with E-state index in [1.54, 1.807) is 6.92 Å². The van der Waals surface area contributed by atoms with Gasteiger partial charge < -0.3 is 9.84 Å². The maximum absolute atomic E-state index is 12.7. The SMILES string of the molecule is Cc1noc(-c2cccs2)c1C(=O)N[C@H](C)CCc1ccccc1. The topological polar surface area (TPSA) is 55.1 Å². The van der Waals surface area contributed by atoms with E-state index < -0.39 is 0 Å². The molecule has 0 radical (unpaired) electrons. The summed E-state index contributed by atoms with van der Waals surface area (Å²) < 4.78 is 5.37. The third kappa shape index (κ3) is 3.74. The van der Waals surface area contributed by atoms with Crippen molar-refractivity contribution in [2.75, 3.05) is 0 Å². The van der Waals surface area contributed by atoms with Crippen molar-refractivity contribution in [2.24, 2.45) is 0 Å². The van der Waals surface area contributed by atoms with E-state index >= 15 is 0 Å². The molecule has 124 valence electrons. The lowest BCUT2D eigenvalue weighted by atomic mass is 10.1. The van der Waals surface area contributed by atoms with Crippen molar-refractivity contribution in [3.63, 3.8) is 0 Å². The van der Waals surface area contributed by atoms with Crippen LogP contribution in [0.1, 0.15) is 35.0 Å². The molecule has 0 fully saturated rings. The lowest BCUT2D eigenvalue weighted by Crippen LogP contribution is -2.33. The molecule has 1 N–H and O–H groups in total. The highest BCUT2D eigenvalue weighted by molar-refractivity contribution is 7.13. The Morgan fingerprint density at radius 1 is 1.25 bits per heavy atom. The third-order valence-electron chi connectivity index (χ3n) is 3.92. The van der Waals surface area contributed by atoms with Crippen LogP contribution in [0.25, 0.3) is 10.6 Å². The second-order valence-corrected chi connectivity index (χ2v) is 6.80. The van der Waals surface area contributed by atoms with Gasteiger partial charge in [-0.05, 0) is 43.7 Å². The zero-order chi connectivity index (χ0) is 16.9. The van der Waals surface area contributed by atoms with Crippen molar-refractivity contribution in [1.29, 1.82) is 0 Å². The summed E-state index contributed by atoms with van der Waals surface area (Å²) in [5, 5.41) is 8.98. The predicted molar refractivity (Wildman–Crippen MR) is 96.2 cm³/mol. The van der Waals surface area contributed by atoms with Crippen molar-refractivity contribution in [3.05, 3.63) is 64.7 Å². The first kappa shape index (κ1) is 16.5. The van der Waals surface area contributed by atoms with E-state index in [2.05, 4.69) is 22.6 Å². The summed E-state index contributed by atoms with van der Waals surface area (Å²) in [5.41, 5.74) is 2.43. The minimum atomic E-state index is -0.127. The molecule has 5 heteroatoms. The van der Waals surface area contributed by atoms with Gasteiger partial charge in [0.2, 0.25) is 0 Å². The highest BCUT2D eigenvalue weighted by Crippen LogP contribution is 2.29. The Bertz CT molecular complexity index is 794. The second kappa shape index (κ2) is 7.45. The van der Waals surface area contributed by atoms with Gasteiger partial charge in [0, 0.05) is 6.04 Å². The molecule has 0 saturated carbocycles. The number of amides is 1. The summed E-state index contributed by atoms with van der Waals surface area (Å²) in [4.78, 5) is 13.6. The molecule has 0 aliphatic rings. The van der Waals surface area contributed by atoms with Crippen LogP contribution in [0.3, 0.4) is 0 Å². The molecule has 3 rings (SSSR count). The average molecular weight is 340 g/mol. The monoisotopic (exact) mass is 340 g/mol. The smallest absolute Gasteiger partial charge is 0.257 e. The summed E-state index contributed by atoms with van der Waals surface area (Å²) in [5.74, 6) is 0.424. The van der Waals surface area contributed by atoms with Crippen molar-refractivity contribution in [1.82, 2.24) is 10.5 Å². The van der Waals surface area contributed by atoms with Gasteiger partial charge in [0.1, 0.15) is 5.56 Å². The van der Waals surface area contributed by atoms with E-state index in [0.29, 0.717) is 17.0 Å². The number of nitrogens with zero attached hydrogens (tertiary/aromatic N) is 1. The molecule has 0 spiro atoms. The van der Waals surface area contributed by atoms with E-state index in [1.807, 2.05) is 42.6 Å². The number of aromatic nitrogens is 1. The molecule has 0 bridgehead atoms. The largest absolute Gasteiger partial charge is 0.354 e. The van der Waals surface area contributed by atoms with E-state index in [0.717, 1.165) is 17.7 Å². The number of aryl methyl sites for hydroxylation is 2. The molecule has 0 aliphatic carbocycles. The Hall–Kier alpha value is -2.40. The van der Waals surface area contributed by atoms with Gasteiger partial charge in [-0.15, -0.1) is 11.3 Å². The van der Waals surface area contributed by atoms with Gasteiger partial charge in [0.25, 0.3) is 5.91 Å². The van der Waals surface area contributed by atoms with Gasteiger partial charge in [-0.25, -0.2) is 0 Å². The summed E-state index contributed by atoms with van der Waals surface area (Å²) >= 11 is 1.53. The quantitative estimate of drug-likeness (QED) is 0.720. The second-order valence-electron chi connectivity index (χ2n) is 5.85. The minimum Gasteiger partial charge on any atom is -0.354 e. The maximum Gasteiger partial charge on any atom is 0.257 e. The Balaban J connectivity index is 1.66. The first-order chi connectivity index (χ1) is 11.6. The van der Waals surface area contributed by atoms with E-state index in [-0.39, 0.29) is 11.9 Å². The zero-order valence-corrected chi connectivity index (χ0v) is 14.6. The van der Waals surface area contributed by atoms with Gasteiger partial charge in [0.05, 0.1) is 10.6 Å². The molecular weight excluding hydrogens is 320 g/mol. The molecule has 3 aromatic rings. The first-order valence-electron chi connectivity index (χ1n) is 8.00. The van der Waals surface area contributed by atoms with Crippen LogP contribution in [0.4, 0.5) is 0 Å². The number of carbonyl (C=O) groups is 1. The minimum absolute atomic E-state index is 0.0724. The molecule has 1 aromatic carbocycles. The molecule has 0 unspecified atom stereocenters. The Morgan fingerprint density at radius 2 is 2.04 bits per heavy atom. The fraction of sp³-hybridized carbons (Fsp3) is 0.263. The van der Waals surface area contributed by atoms with Crippen LogP contribution in [-0.2, 0) is 6.42 Å². The summed E-state index contributed by atoms with van der Waals surface area (Å²) in [6.07, 6.45) is 1.82. The number of benzene rings is 1. The van der Waals surface area contributed by atoms with Gasteiger partial charge in [-0.1, -0.05) is 41.6 Å². The van der Waals surface area contributed by atoms with Gasteiger partial charge in [0.15, 0.2) is 5.76 Å². The van der Waals surface area contributed by atoms with Crippen LogP contribution in [-0.4, -0.2) is 17.1 Å². The first-order valence-corrected chi connectivity index (χ1v) is 8.88. The molecule has 0 aliphatic heterocycles. The number of thiophene rings is 1. The number of hydrogen-bond acceptors (Lipinski definition) is 4. The average Bonchev–Trinajstić information content (AvgIpc) is 3.23. The number of hydrogen-bond donors (Lipinski definition) is 1. The highest BCUT2D eigenvalue weighted by Gasteiger charge is 2.23. The van der Waals surface area contributed by atoms with Gasteiger partial charge in [-0.3, -0.25) is 4.79 Å². The van der Waals surface area contributed by atoms with E-state index in [1.165, 1.54) is 16.9 Å². The fourth-order valence-corrected chi connectivity index (χ4v) is 3.32. The fourth-order valence-electron chi connectivity index (χ4n) is 2.61. The lowest BCUT2D eigenvalue weighted by molar-refractivity contribution is 0.0938. The standard InChI is InChI=1S/C19H20N2O2S/c1-13(10-11-15-7-4-3-5-8-15)20-19(22)17-14(2)21-23-18(17)16-9-6-12-24-16/h3-9,12-13H,10-11H2,1-2H3,(H,20,22)/t13-/m1/s1. The van der Waals surface area contributed by atoms with Crippen molar-refractivity contribution in [2.45, 2.75) is 32.7 Å². The van der Waals surface area contributed by atoms with Crippen LogP contribution >= 0.6 is 11.3 Å². The van der Waals surface area contributed by atoms with Crippen LogP contribution in [0.5, 0.6) is 0 Å². The molecule has 1 atom stereocenters. The predicted octanol–water partition coefficient (Wildman–Crippen LogP) is 4.46. The molecule has 4 nitrogen and oxygen atoms in total. The normalized spacial score (nSPS) is 12.1. The molecule has 2 heterocycles. The maximum atomic E-state index is 12.7. The Morgan fingerprint density at radius 3 is 2.75 bits per heavy atom. The number of rotatable bonds is 6. The lowest BCUT2D eigenvalue weighted by Gasteiger charge is -2.14. The Kier molecular flexibility index (Phi) is 5.11. The molecule has 1 amide bonds. The van der Waals surface area contributed by atoms with Gasteiger partial charge in [-0.2, -0.15) is 0 Å².